The fourth-order valence-corrected chi connectivity index (χ4v) is 8.27. The van der Waals surface area contributed by atoms with Crippen LogP contribution in [-0.2, 0) is 24.4 Å². The van der Waals surface area contributed by atoms with Crippen LogP contribution < -0.4 is 10.5 Å². The number of alkyl halides is 3. The maximum atomic E-state index is 14.3. The highest BCUT2D eigenvalue weighted by atomic mass is 19.4. The number of fused-ring (bicyclic) bond motifs is 3. The number of hydrogen-bond donors (Lipinski definition) is 1. The molecule has 0 spiro atoms. The van der Waals surface area contributed by atoms with E-state index in [-0.39, 0.29) is 17.3 Å². The number of Topliss-reactive ketones (excluding diaryl/α,β-unsaturated/α-hetero) is 1. The number of aryl methyl sites for hydroxylation is 1. The Morgan fingerprint density at radius 2 is 1.61 bits per heavy atom. The van der Waals surface area contributed by atoms with Crippen LogP contribution in [0.4, 0.5) is 17.6 Å². The van der Waals surface area contributed by atoms with Gasteiger partial charge in [-0.15, -0.1) is 13.2 Å². The van der Waals surface area contributed by atoms with Gasteiger partial charge in [0.1, 0.15) is 11.6 Å². The van der Waals surface area contributed by atoms with Gasteiger partial charge in [0, 0.05) is 79.5 Å². The maximum absolute atomic E-state index is 14.3. The van der Waals surface area contributed by atoms with Crippen molar-refractivity contribution >= 4 is 16.7 Å². The zero-order valence-corrected chi connectivity index (χ0v) is 27.7. The summed E-state index contributed by atoms with van der Waals surface area (Å²) in [5.74, 6) is -0.242. The second kappa shape index (κ2) is 13.9. The van der Waals surface area contributed by atoms with Gasteiger partial charge in [0.05, 0.1) is 5.54 Å². The molecule has 0 radical (unpaired) electrons. The molecule has 3 aromatic carbocycles. The lowest BCUT2D eigenvalue weighted by atomic mass is 9.78. The normalized spacial score (nSPS) is 21.1. The molecule has 0 amide bonds. The van der Waals surface area contributed by atoms with Crippen LogP contribution in [0.1, 0.15) is 68.9 Å². The minimum atomic E-state index is -4.75. The molecule has 1 aliphatic carbocycles. The number of ether oxygens (including phenoxy) is 1. The Labute approximate surface area is 284 Å². The molecule has 3 fully saturated rings. The van der Waals surface area contributed by atoms with E-state index in [4.69, 9.17) is 5.73 Å². The zero-order valence-electron chi connectivity index (χ0n) is 27.7. The molecule has 3 heterocycles. The van der Waals surface area contributed by atoms with Gasteiger partial charge in [-0.1, -0.05) is 55.7 Å². The molecule has 4 aromatic rings. The number of hydrogen-bond acceptors (Lipinski definition) is 5. The van der Waals surface area contributed by atoms with Crippen molar-refractivity contribution < 1.29 is 27.1 Å². The number of halogens is 4. The first-order chi connectivity index (χ1) is 23.5. The van der Waals surface area contributed by atoms with Gasteiger partial charge in [0.25, 0.3) is 0 Å². The van der Waals surface area contributed by atoms with Gasteiger partial charge in [-0.3, -0.25) is 14.6 Å². The highest BCUT2D eigenvalue weighted by Crippen LogP contribution is 2.37. The van der Waals surface area contributed by atoms with Gasteiger partial charge in [-0.25, -0.2) is 4.39 Å². The third-order valence-corrected chi connectivity index (χ3v) is 10.9. The van der Waals surface area contributed by atoms with Crippen LogP contribution >= 0.6 is 0 Å². The maximum Gasteiger partial charge on any atom is 0.573 e. The predicted octanol–water partition coefficient (Wildman–Crippen LogP) is 8.21. The number of carbonyl (C=O) groups is 1. The van der Waals surface area contributed by atoms with Gasteiger partial charge in [-0.2, -0.15) is 0 Å². The van der Waals surface area contributed by atoms with Crippen molar-refractivity contribution in [3.05, 3.63) is 89.9 Å². The topological polar surface area (TPSA) is 63.7 Å². The predicted molar refractivity (Wildman–Crippen MR) is 182 cm³/mol. The molecule has 7 rings (SSSR count). The second-order valence-corrected chi connectivity index (χ2v) is 14.3. The molecule has 2 N–H and O–H groups in total. The molecule has 260 valence electrons. The van der Waals surface area contributed by atoms with Crippen molar-refractivity contribution in [2.75, 3.05) is 13.1 Å². The lowest BCUT2D eigenvalue weighted by molar-refractivity contribution is -0.274. The Hall–Kier alpha value is -3.73. The highest BCUT2D eigenvalue weighted by Gasteiger charge is 2.43. The lowest BCUT2D eigenvalue weighted by Gasteiger charge is -2.34. The van der Waals surface area contributed by atoms with E-state index < -0.39 is 11.9 Å². The quantitative estimate of drug-likeness (QED) is 0.121. The first-order valence-corrected chi connectivity index (χ1v) is 17.6. The number of benzene rings is 3. The summed E-state index contributed by atoms with van der Waals surface area (Å²) < 4.78 is 59.1. The number of nitrogens with two attached hydrogens (primary N) is 1. The molecular weight excluding hydrogens is 632 g/mol. The SMILES string of the molecule is NC1(C(=O)CCCCn2cc(-c3ccc(OC(F)(F)F)cc3)c3cc(CN4CC5CC4CN5Cc4ccccc4F)ccc32)CCCCC1. The summed E-state index contributed by atoms with van der Waals surface area (Å²) in [6.07, 6.45) is 5.14. The monoisotopic (exact) mass is 676 g/mol. The Kier molecular flexibility index (Phi) is 9.56. The van der Waals surface area contributed by atoms with Crippen LogP contribution in [0.2, 0.25) is 0 Å². The number of likely N-dealkylation sites (tertiary alicyclic amines) is 2. The summed E-state index contributed by atoms with van der Waals surface area (Å²) in [5.41, 5.74) is 10.5. The molecule has 2 bridgehead atoms. The second-order valence-electron chi connectivity index (χ2n) is 14.3. The highest BCUT2D eigenvalue weighted by molar-refractivity contribution is 5.96. The number of carbonyl (C=O) groups excluding carboxylic acids is 1. The Morgan fingerprint density at radius 1 is 0.898 bits per heavy atom. The van der Waals surface area contributed by atoms with Crippen LogP contribution in [0.25, 0.3) is 22.0 Å². The average Bonchev–Trinajstić information content (AvgIpc) is 3.77. The standard InChI is InChI=1S/C39H44F4N4O2/c40-35-9-3-2-8-29(35)23-47-25-30-21-31(47)24-46(30)22-27-11-16-36-33(20-27)34(28-12-14-32(15-13-28)49-39(41,42)43)26-45(36)19-7-4-10-37(48)38(44)17-5-1-6-18-38/h2-3,8-9,11-16,20,26,30-31H,1,4-7,10,17-19,21-25,44H2. The fourth-order valence-electron chi connectivity index (χ4n) is 8.27. The Bertz CT molecular complexity index is 1780. The molecule has 2 atom stereocenters. The van der Waals surface area contributed by atoms with Crippen molar-refractivity contribution in [2.45, 2.75) is 101 Å². The van der Waals surface area contributed by atoms with Crippen molar-refractivity contribution in [1.82, 2.24) is 14.4 Å². The van der Waals surface area contributed by atoms with E-state index in [1.54, 1.807) is 18.2 Å². The molecule has 49 heavy (non-hydrogen) atoms. The number of piperazine rings is 1. The van der Waals surface area contributed by atoms with Crippen LogP contribution in [0.3, 0.4) is 0 Å². The van der Waals surface area contributed by atoms with Crippen LogP contribution in [-0.4, -0.2) is 57.2 Å². The molecule has 6 nitrogen and oxygen atoms in total. The average molecular weight is 677 g/mol. The third kappa shape index (κ3) is 7.56. The molecule has 10 heteroatoms. The number of rotatable bonds is 12. The van der Waals surface area contributed by atoms with E-state index >= 15 is 0 Å². The van der Waals surface area contributed by atoms with E-state index in [2.05, 4.69) is 43.5 Å². The van der Waals surface area contributed by atoms with Crippen LogP contribution in [0.5, 0.6) is 5.75 Å². The first-order valence-electron chi connectivity index (χ1n) is 17.6. The van der Waals surface area contributed by atoms with Gasteiger partial charge >= 0.3 is 6.36 Å². The minimum absolute atomic E-state index is 0.155. The van der Waals surface area contributed by atoms with Gasteiger partial charge in [-0.05, 0) is 73.6 Å². The van der Waals surface area contributed by atoms with Crippen molar-refractivity contribution in [2.24, 2.45) is 5.73 Å². The third-order valence-electron chi connectivity index (χ3n) is 10.9. The summed E-state index contributed by atoms with van der Waals surface area (Å²) in [4.78, 5) is 17.9. The molecule has 2 unspecified atom stereocenters. The van der Waals surface area contributed by atoms with Crippen molar-refractivity contribution in [3.63, 3.8) is 0 Å². The largest absolute Gasteiger partial charge is 0.573 e. The number of unbranched alkanes of at least 4 members (excludes halogenated alkanes) is 1. The van der Waals surface area contributed by atoms with Gasteiger partial charge in [0.15, 0.2) is 5.78 Å². The summed E-state index contributed by atoms with van der Waals surface area (Å²) in [7, 11) is 0. The lowest BCUT2D eigenvalue weighted by Crippen LogP contribution is -2.49. The van der Waals surface area contributed by atoms with E-state index in [0.29, 0.717) is 31.6 Å². The number of nitrogens with zero attached hydrogens (tertiary/aromatic N) is 3. The molecule has 2 saturated heterocycles. The molecular formula is C39H44F4N4O2. The summed E-state index contributed by atoms with van der Waals surface area (Å²) in [6.45, 7) is 3.95. The van der Waals surface area contributed by atoms with E-state index in [0.717, 1.165) is 98.6 Å². The Balaban J connectivity index is 1.06. The molecule has 1 saturated carbocycles. The summed E-state index contributed by atoms with van der Waals surface area (Å²) in [6, 6.07) is 20.3. The summed E-state index contributed by atoms with van der Waals surface area (Å²) in [5, 5.41) is 1.03. The van der Waals surface area contributed by atoms with Crippen LogP contribution in [0.15, 0.2) is 72.9 Å². The Morgan fingerprint density at radius 3 is 2.31 bits per heavy atom. The van der Waals surface area contributed by atoms with Gasteiger partial charge < -0.3 is 15.0 Å². The minimum Gasteiger partial charge on any atom is -0.406 e. The van der Waals surface area contributed by atoms with Crippen LogP contribution in [0, 0.1) is 5.82 Å². The van der Waals surface area contributed by atoms with Crippen molar-refractivity contribution in [3.8, 4) is 16.9 Å². The van der Waals surface area contributed by atoms with E-state index in [1.807, 2.05) is 12.1 Å². The fraction of sp³-hybridized carbons (Fsp3) is 0.462. The molecule has 2 aliphatic heterocycles. The van der Waals surface area contributed by atoms with Crippen molar-refractivity contribution in [1.29, 1.82) is 0 Å². The zero-order chi connectivity index (χ0) is 34.2. The molecule has 3 aliphatic rings. The van der Waals surface area contributed by atoms with E-state index in [9.17, 15) is 22.4 Å². The van der Waals surface area contributed by atoms with E-state index in [1.165, 1.54) is 23.8 Å². The smallest absolute Gasteiger partial charge is 0.406 e. The summed E-state index contributed by atoms with van der Waals surface area (Å²) >= 11 is 0. The molecule has 1 aromatic heterocycles. The number of aromatic nitrogens is 1. The van der Waals surface area contributed by atoms with Gasteiger partial charge in [0.2, 0.25) is 0 Å². The number of ketones is 1. The first kappa shape index (κ1) is 33.8.